The van der Waals surface area contributed by atoms with E-state index in [-0.39, 0.29) is 17.5 Å². The molecule has 2 aromatic carbocycles. The summed E-state index contributed by atoms with van der Waals surface area (Å²) in [4.78, 5) is 28.9. The van der Waals surface area contributed by atoms with E-state index in [0.29, 0.717) is 11.3 Å². The maximum absolute atomic E-state index is 12.5. The van der Waals surface area contributed by atoms with E-state index >= 15 is 0 Å². The first-order valence-corrected chi connectivity index (χ1v) is 8.23. The van der Waals surface area contributed by atoms with Crippen molar-refractivity contribution in [3.8, 4) is 0 Å². The molecule has 2 amide bonds. The number of aryl methyl sites for hydroxylation is 2. The van der Waals surface area contributed by atoms with E-state index in [1.165, 1.54) is 12.3 Å². The van der Waals surface area contributed by atoms with Crippen LogP contribution in [0.2, 0.25) is 0 Å². The Morgan fingerprint density at radius 2 is 1.42 bits per heavy atom. The fourth-order valence-electron chi connectivity index (χ4n) is 2.66. The standard InChI is InChI=1S/C21H19N3O2/c1-14-10-15(2)12-18(11-14)24-20(25)16-8-9-22-19(13-16)21(26)23-17-6-4-3-5-7-17/h3-13H,1-2H3,(H,23,26)(H,24,25). The van der Waals surface area contributed by atoms with Crippen LogP contribution in [-0.2, 0) is 0 Å². The van der Waals surface area contributed by atoms with Crippen LogP contribution in [0.4, 0.5) is 11.4 Å². The fraction of sp³-hybridized carbons (Fsp3) is 0.0952. The minimum Gasteiger partial charge on any atom is -0.322 e. The summed E-state index contributed by atoms with van der Waals surface area (Å²) in [5, 5.41) is 5.61. The van der Waals surface area contributed by atoms with E-state index < -0.39 is 0 Å². The van der Waals surface area contributed by atoms with E-state index in [1.807, 2.05) is 50.2 Å². The van der Waals surface area contributed by atoms with Crippen LogP contribution in [0, 0.1) is 13.8 Å². The molecule has 0 fully saturated rings. The third kappa shape index (κ3) is 4.33. The average molecular weight is 345 g/mol. The van der Waals surface area contributed by atoms with Gasteiger partial charge in [-0.15, -0.1) is 0 Å². The Hall–Kier alpha value is -3.47. The number of anilines is 2. The van der Waals surface area contributed by atoms with Crippen LogP contribution in [0.25, 0.3) is 0 Å². The Morgan fingerprint density at radius 3 is 2.12 bits per heavy atom. The van der Waals surface area contributed by atoms with Crippen LogP contribution in [0.15, 0.2) is 66.9 Å². The molecule has 2 N–H and O–H groups in total. The van der Waals surface area contributed by atoms with Crippen molar-refractivity contribution < 1.29 is 9.59 Å². The minimum absolute atomic E-state index is 0.182. The van der Waals surface area contributed by atoms with Gasteiger partial charge in [-0.2, -0.15) is 0 Å². The molecule has 0 aliphatic rings. The van der Waals surface area contributed by atoms with Gasteiger partial charge in [0.1, 0.15) is 5.69 Å². The van der Waals surface area contributed by atoms with Gasteiger partial charge in [0.05, 0.1) is 0 Å². The van der Waals surface area contributed by atoms with Gasteiger partial charge in [0.15, 0.2) is 0 Å². The van der Waals surface area contributed by atoms with E-state index in [9.17, 15) is 9.59 Å². The minimum atomic E-state index is -0.364. The molecule has 130 valence electrons. The average Bonchev–Trinajstić information content (AvgIpc) is 2.62. The van der Waals surface area contributed by atoms with Gasteiger partial charge in [0.25, 0.3) is 11.8 Å². The topological polar surface area (TPSA) is 71.1 Å². The smallest absolute Gasteiger partial charge is 0.274 e. The lowest BCUT2D eigenvalue weighted by molar-refractivity contribution is 0.102. The lowest BCUT2D eigenvalue weighted by atomic mass is 10.1. The molecule has 0 bridgehead atoms. The number of nitrogens with one attached hydrogen (secondary N) is 2. The summed E-state index contributed by atoms with van der Waals surface area (Å²) in [6, 6.07) is 18.0. The molecule has 0 saturated heterocycles. The number of benzene rings is 2. The van der Waals surface area contributed by atoms with Crippen molar-refractivity contribution >= 4 is 23.2 Å². The second kappa shape index (κ2) is 7.61. The van der Waals surface area contributed by atoms with Gasteiger partial charge < -0.3 is 10.6 Å². The van der Waals surface area contributed by atoms with Crippen LogP contribution in [0.5, 0.6) is 0 Å². The van der Waals surface area contributed by atoms with Gasteiger partial charge in [-0.1, -0.05) is 24.3 Å². The monoisotopic (exact) mass is 345 g/mol. The first-order valence-electron chi connectivity index (χ1n) is 8.23. The predicted molar refractivity (Wildman–Crippen MR) is 103 cm³/mol. The number of nitrogens with zero attached hydrogens (tertiary/aromatic N) is 1. The Balaban J connectivity index is 1.75. The van der Waals surface area contributed by atoms with Gasteiger partial charge in [0.2, 0.25) is 0 Å². The lowest BCUT2D eigenvalue weighted by Crippen LogP contribution is -2.17. The Kier molecular flexibility index (Phi) is 5.08. The summed E-state index contributed by atoms with van der Waals surface area (Å²) in [5.41, 5.74) is 4.08. The molecule has 1 heterocycles. The van der Waals surface area contributed by atoms with E-state index in [1.54, 1.807) is 18.2 Å². The van der Waals surface area contributed by atoms with Crippen LogP contribution in [-0.4, -0.2) is 16.8 Å². The maximum Gasteiger partial charge on any atom is 0.274 e. The zero-order chi connectivity index (χ0) is 18.5. The van der Waals surface area contributed by atoms with Crippen LogP contribution < -0.4 is 10.6 Å². The van der Waals surface area contributed by atoms with Gasteiger partial charge in [-0.25, -0.2) is 0 Å². The molecule has 5 heteroatoms. The zero-order valence-corrected chi connectivity index (χ0v) is 14.6. The molecule has 0 spiro atoms. The predicted octanol–water partition coefficient (Wildman–Crippen LogP) is 4.20. The molecule has 0 atom stereocenters. The van der Waals surface area contributed by atoms with Gasteiger partial charge >= 0.3 is 0 Å². The van der Waals surface area contributed by atoms with Crippen LogP contribution >= 0.6 is 0 Å². The van der Waals surface area contributed by atoms with Crippen molar-refractivity contribution in [3.63, 3.8) is 0 Å². The molecule has 0 unspecified atom stereocenters. The van der Waals surface area contributed by atoms with Crippen molar-refractivity contribution in [3.05, 3.63) is 89.2 Å². The molecule has 3 rings (SSSR count). The molecule has 0 saturated carbocycles. The lowest BCUT2D eigenvalue weighted by Gasteiger charge is -2.09. The van der Waals surface area contributed by atoms with E-state index in [2.05, 4.69) is 15.6 Å². The summed E-state index contributed by atoms with van der Waals surface area (Å²) in [5.74, 6) is -0.650. The van der Waals surface area contributed by atoms with E-state index in [0.717, 1.165) is 16.8 Å². The maximum atomic E-state index is 12.5. The highest BCUT2D eigenvalue weighted by Gasteiger charge is 2.12. The first-order chi connectivity index (χ1) is 12.5. The number of amides is 2. The molecule has 1 aromatic heterocycles. The summed E-state index contributed by atoms with van der Waals surface area (Å²) >= 11 is 0. The van der Waals surface area contributed by atoms with Gasteiger partial charge in [-0.3, -0.25) is 14.6 Å². The van der Waals surface area contributed by atoms with Crippen molar-refractivity contribution in [1.29, 1.82) is 0 Å². The first kappa shape index (κ1) is 17.4. The van der Waals surface area contributed by atoms with Gasteiger partial charge in [0, 0.05) is 23.1 Å². The highest BCUT2D eigenvalue weighted by atomic mass is 16.2. The molecule has 26 heavy (non-hydrogen) atoms. The Bertz CT molecular complexity index is 932. The van der Waals surface area contributed by atoms with Gasteiger partial charge in [-0.05, 0) is 61.4 Å². The number of carbonyl (C=O) groups is 2. The number of hydrogen-bond acceptors (Lipinski definition) is 3. The molecule has 0 aliphatic heterocycles. The zero-order valence-electron chi connectivity index (χ0n) is 14.6. The molecule has 5 nitrogen and oxygen atoms in total. The number of para-hydroxylation sites is 1. The number of pyridine rings is 1. The summed E-state index contributed by atoms with van der Waals surface area (Å²) < 4.78 is 0. The second-order valence-electron chi connectivity index (χ2n) is 6.08. The van der Waals surface area contributed by atoms with Crippen LogP contribution in [0.1, 0.15) is 32.0 Å². The number of aromatic nitrogens is 1. The number of rotatable bonds is 4. The molecule has 3 aromatic rings. The largest absolute Gasteiger partial charge is 0.322 e. The molecule has 0 aliphatic carbocycles. The highest BCUT2D eigenvalue weighted by molar-refractivity contribution is 6.07. The SMILES string of the molecule is Cc1cc(C)cc(NC(=O)c2ccnc(C(=O)Nc3ccccc3)c2)c1. The van der Waals surface area contributed by atoms with Crippen LogP contribution in [0.3, 0.4) is 0 Å². The Morgan fingerprint density at radius 1 is 0.769 bits per heavy atom. The Labute approximate surface area is 152 Å². The number of carbonyl (C=O) groups excluding carboxylic acids is 2. The summed E-state index contributed by atoms with van der Waals surface area (Å²) in [7, 11) is 0. The normalized spacial score (nSPS) is 10.2. The second-order valence-corrected chi connectivity index (χ2v) is 6.08. The van der Waals surface area contributed by atoms with Crippen molar-refractivity contribution in [2.75, 3.05) is 10.6 Å². The quantitative estimate of drug-likeness (QED) is 0.744. The van der Waals surface area contributed by atoms with E-state index in [4.69, 9.17) is 0 Å². The molecule has 0 radical (unpaired) electrons. The fourth-order valence-corrected chi connectivity index (χ4v) is 2.66. The molecular weight excluding hydrogens is 326 g/mol. The number of hydrogen-bond donors (Lipinski definition) is 2. The van der Waals surface area contributed by atoms with Crippen molar-refractivity contribution in [2.24, 2.45) is 0 Å². The molecular formula is C21H19N3O2. The van der Waals surface area contributed by atoms with Crippen molar-refractivity contribution in [1.82, 2.24) is 4.98 Å². The third-order valence-electron chi connectivity index (χ3n) is 3.77. The highest BCUT2D eigenvalue weighted by Crippen LogP contribution is 2.15. The third-order valence-corrected chi connectivity index (χ3v) is 3.77. The van der Waals surface area contributed by atoms with Crippen molar-refractivity contribution in [2.45, 2.75) is 13.8 Å². The summed E-state index contributed by atoms with van der Waals surface area (Å²) in [6.45, 7) is 3.95. The summed E-state index contributed by atoms with van der Waals surface area (Å²) in [6.07, 6.45) is 1.45.